The first-order valence-corrected chi connectivity index (χ1v) is 10.4. The zero-order valence-electron chi connectivity index (χ0n) is 16.8. The molecule has 1 N–H and O–H groups in total. The number of nitrogens with zero attached hydrogens (tertiary/aromatic N) is 1. The monoisotopic (exact) mass is 422 g/mol. The molecule has 0 aliphatic heterocycles. The summed E-state index contributed by atoms with van der Waals surface area (Å²) < 4.78 is 9.88. The molecule has 6 nitrogen and oxygen atoms in total. The fourth-order valence-corrected chi connectivity index (χ4v) is 3.50. The van der Waals surface area contributed by atoms with Crippen LogP contribution in [-0.2, 0) is 19.1 Å². The molecule has 1 aromatic heterocycles. The van der Waals surface area contributed by atoms with Gasteiger partial charge in [-0.05, 0) is 26.0 Å². The van der Waals surface area contributed by atoms with Gasteiger partial charge in [-0.2, -0.15) is 0 Å². The van der Waals surface area contributed by atoms with Crippen LogP contribution in [0.15, 0.2) is 71.8 Å². The molecule has 0 atom stereocenters. The lowest BCUT2D eigenvalue weighted by Crippen LogP contribution is -2.19. The zero-order valence-corrected chi connectivity index (χ0v) is 17.6. The van der Waals surface area contributed by atoms with Crippen molar-refractivity contribution in [1.82, 2.24) is 4.98 Å². The predicted octanol–water partition coefficient (Wildman–Crippen LogP) is 4.90. The number of hydrogen-bond acceptors (Lipinski definition) is 7. The van der Waals surface area contributed by atoms with Gasteiger partial charge in [0.25, 0.3) is 0 Å². The number of aromatic nitrogens is 1. The van der Waals surface area contributed by atoms with Crippen molar-refractivity contribution >= 4 is 29.0 Å². The third kappa shape index (κ3) is 5.33. The molecule has 0 bridgehead atoms. The molecule has 0 unspecified atom stereocenters. The number of nitrogens with one attached hydrogen (secondary N) is 1. The fourth-order valence-electron chi connectivity index (χ4n) is 2.66. The summed E-state index contributed by atoms with van der Waals surface area (Å²) in [6, 6.07) is 17.6. The van der Waals surface area contributed by atoms with Crippen LogP contribution in [0.5, 0.6) is 0 Å². The third-order valence-corrected chi connectivity index (χ3v) is 4.95. The Hall–Kier alpha value is -3.45. The van der Waals surface area contributed by atoms with Crippen molar-refractivity contribution in [2.45, 2.75) is 13.8 Å². The number of hydrogen-bond donors (Lipinski definition) is 1. The van der Waals surface area contributed by atoms with E-state index >= 15 is 0 Å². The molecule has 30 heavy (non-hydrogen) atoms. The molecule has 3 rings (SSSR count). The summed E-state index contributed by atoms with van der Waals surface area (Å²) in [6.45, 7) is 3.68. The van der Waals surface area contributed by atoms with E-state index in [-0.39, 0.29) is 18.8 Å². The molecule has 0 spiro atoms. The van der Waals surface area contributed by atoms with Crippen LogP contribution in [0.2, 0.25) is 0 Å². The number of thiazole rings is 1. The number of anilines is 1. The first-order chi connectivity index (χ1) is 14.6. The van der Waals surface area contributed by atoms with Crippen molar-refractivity contribution in [1.29, 1.82) is 0 Å². The summed E-state index contributed by atoms with van der Waals surface area (Å²) in [5.74, 6) is -1.46. The van der Waals surface area contributed by atoms with Crippen LogP contribution in [-0.4, -0.2) is 30.1 Å². The van der Waals surface area contributed by atoms with Gasteiger partial charge in [0.1, 0.15) is 5.01 Å². The minimum Gasteiger partial charge on any atom is -0.462 e. The van der Waals surface area contributed by atoms with E-state index in [0.29, 0.717) is 5.69 Å². The lowest BCUT2D eigenvalue weighted by molar-refractivity contribution is -0.146. The van der Waals surface area contributed by atoms with Gasteiger partial charge in [-0.15, -0.1) is 11.3 Å². The van der Waals surface area contributed by atoms with Gasteiger partial charge in [-0.3, -0.25) is 0 Å². The lowest BCUT2D eigenvalue weighted by atomic mass is 10.1. The summed E-state index contributed by atoms with van der Waals surface area (Å²) in [6.07, 6.45) is 1.31. The Morgan fingerprint density at radius 3 is 2.30 bits per heavy atom. The predicted molar refractivity (Wildman–Crippen MR) is 118 cm³/mol. The molecule has 0 fully saturated rings. The summed E-state index contributed by atoms with van der Waals surface area (Å²) in [5, 5.41) is 5.92. The average Bonchev–Trinajstić information content (AvgIpc) is 3.26. The van der Waals surface area contributed by atoms with Crippen molar-refractivity contribution in [3.05, 3.63) is 71.8 Å². The van der Waals surface area contributed by atoms with Crippen LogP contribution in [0.3, 0.4) is 0 Å². The van der Waals surface area contributed by atoms with Gasteiger partial charge >= 0.3 is 11.9 Å². The van der Waals surface area contributed by atoms with Crippen LogP contribution < -0.4 is 5.32 Å². The zero-order chi connectivity index (χ0) is 21.3. The molecular weight excluding hydrogens is 400 g/mol. The smallest absolute Gasteiger partial charge is 0.347 e. The van der Waals surface area contributed by atoms with E-state index in [1.807, 2.05) is 60.0 Å². The van der Waals surface area contributed by atoms with E-state index in [1.54, 1.807) is 25.2 Å². The molecule has 154 valence electrons. The number of rotatable bonds is 8. The standard InChI is InChI=1S/C23H22N2O4S/c1-3-28-22(26)19(23(27)29-4-2)14-24-18-12-8-11-17(13-18)20-15-30-21(25-20)16-9-6-5-7-10-16/h5-15,24H,3-4H2,1-2H3. The first kappa shape index (κ1) is 21.3. The fraction of sp³-hybridized carbons (Fsp3) is 0.174. The maximum Gasteiger partial charge on any atom is 0.347 e. The minimum absolute atomic E-state index is 0.165. The van der Waals surface area contributed by atoms with Gasteiger partial charge in [0.15, 0.2) is 5.57 Å². The molecule has 0 radical (unpaired) electrons. The quantitative estimate of drug-likeness (QED) is 0.241. The molecule has 0 saturated heterocycles. The van der Waals surface area contributed by atoms with Crippen LogP contribution in [0.25, 0.3) is 21.8 Å². The highest BCUT2D eigenvalue weighted by atomic mass is 32.1. The maximum absolute atomic E-state index is 12.1. The maximum atomic E-state index is 12.1. The lowest BCUT2D eigenvalue weighted by Gasteiger charge is -2.08. The highest BCUT2D eigenvalue weighted by Gasteiger charge is 2.21. The van der Waals surface area contributed by atoms with Crippen molar-refractivity contribution in [2.24, 2.45) is 0 Å². The molecular formula is C23H22N2O4S. The Kier molecular flexibility index (Phi) is 7.34. The molecule has 2 aromatic carbocycles. The van der Waals surface area contributed by atoms with Gasteiger partial charge in [0, 0.05) is 28.4 Å². The van der Waals surface area contributed by atoms with Crippen molar-refractivity contribution < 1.29 is 19.1 Å². The Bertz CT molecular complexity index is 1020. The summed E-state index contributed by atoms with van der Waals surface area (Å²) in [4.78, 5) is 28.9. The highest BCUT2D eigenvalue weighted by Crippen LogP contribution is 2.29. The SMILES string of the molecule is CCOC(=O)C(=CNc1cccc(-c2csc(-c3ccccc3)n2)c1)C(=O)OCC. The number of benzene rings is 2. The molecule has 0 aliphatic rings. The van der Waals surface area contributed by atoms with Crippen molar-refractivity contribution in [3.63, 3.8) is 0 Å². The number of carbonyl (C=O) groups is 2. The van der Waals surface area contributed by atoms with E-state index in [4.69, 9.17) is 14.5 Å². The van der Waals surface area contributed by atoms with Gasteiger partial charge in [0.2, 0.25) is 0 Å². The second-order valence-corrected chi connectivity index (χ2v) is 6.99. The van der Waals surface area contributed by atoms with E-state index in [1.165, 1.54) is 6.20 Å². The molecule has 0 aliphatic carbocycles. The molecule has 3 aromatic rings. The summed E-state index contributed by atoms with van der Waals surface area (Å²) in [7, 11) is 0. The summed E-state index contributed by atoms with van der Waals surface area (Å²) >= 11 is 1.57. The van der Waals surface area contributed by atoms with Crippen LogP contribution in [0.4, 0.5) is 5.69 Å². The topological polar surface area (TPSA) is 77.5 Å². The van der Waals surface area contributed by atoms with Crippen LogP contribution >= 0.6 is 11.3 Å². The van der Waals surface area contributed by atoms with Gasteiger partial charge < -0.3 is 14.8 Å². The number of carbonyl (C=O) groups excluding carboxylic acids is 2. The van der Waals surface area contributed by atoms with Crippen molar-refractivity contribution in [2.75, 3.05) is 18.5 Å². The second-order valence-electron chi connectivity index (χ2n) is 6.13. The van der Waals surface area contributed by atoms with Crippen molar-refractivity contribution in [3.8, 4) is 21.8 Å². The number of ether oxygens (including phenoxy) is 2. The molecule has 0 amide bonds. The summed E-state index contributed by atoms with van der Waals surface area (Å²) in [5.41, 5.74) is 3.35. The first-order valence-electron chi connectivity index (χ1n) is 9.54. The average molecular weight is 423 g/mol. The van der Waals surface area contributed by atoms with Gasteiger partial charge in [-0.1, -0.05) is 42.5 Å². The number of esters is 2. The largest absolute Gasteiger partial charge is 0.462 e. The Morgan fingerprint density at radius 2 is 1.63 bits per heavy atom. The Morgan fingerprint density at radius 1 is 0.967 bits per heavy atom. The van der Waals surface area contributed by atoms with E-state index in [0.717, 1.165) is 21.8 Å². The molecule has 7 heteroatoms. The minimum atomic E-state index is -0.730. The van der Waals surface area contributed by atoms with E-state index < -0.39 is 11.9 Å². The molecule has 0 saturated carbocycles. The van der Waals surface area contributed by atoms with Gasteiger partial charge in [0.05, 0.1) is 18.9 Å². The van der Waals surface area contributed by atoms with Gasteiger partial charge in [-0.25, -0.2) is 14.6 Å². The van der Waals surface area contributed by atoms with Crippen LogP contribution in [0.1, 0.15) is 13.8 Å². The molecule has 1 heterocycles. The third-order valence-electron chi connectivity index (χ3n) is 4.06. The normalized spacial score (nSPS) is 10.2. The highest BCUT2D eigenvalue weighted by molar-refractivity contribution is 7.13. The second kappa shape index (κ2) is 10.4. The van der Waals surface area contributed by atoms with Crippen LogP contribution in [0, 0.1) is 0 Å². The van der Waals surface area contributed by atoms with E-state index in [9.17, 15) is 9.59 Å². The Balaban J connectivity index is 1.81. The van der Waals surface area contributed by atoms with E-state index in [2.05, 4.69) is 5.32 Å². The Labute approximate surface area is 179 Å².